The van der Waals surface area contributed by atoms with Gasteiger partial charge in [0.1, 0.15) is 11.4 Å². The van der Waals surface area contributed by atoms with Crippen LogP contribution in [0.5, 0.6) is 5.75 Å². The van der Waals surface area contributed by atoms with Crippen LogP contribution in [0.1, 0.15) is 16.1 Å². The number of aryl methyl sites for hydroxylation is 1. The van der Waals surface area contributed by atoms with E-state index in [9.17, 15) is 4.79 Å². The Kier molecular flexibility index (Phi) is 3.73. The lowest BCUT2D eigenvalue weighted by Crippen LogP contribution is -2.12. The van der Waals surface area contributed by atoms with Crippen LogP contribution < -0.4 is 10.1 Å². The number of imidazole rings is 1. The van der Waals surface area contributed by atoms with Gasteiger partial charge in [0.2, 0.25) is 0 Å². The minimum absolute atomic E-state index is 0.218. The third kappa shape index (κ3) is 2.76. The highest BCUT2D eigenvalue weighted by Crippen LogP contribution is 2.27. The first kappa shape index (κ1) is 14.4. The molecule has 0 aliphatic carbocycles. The van der Waals surface area contributed by atoms with Gasteiger partial charge in [0.25, 0.3) is 5.91 Å². The van der Waals surface area contributed by atoms with Gasteiger partial charge in [0, 0.05) is 23.6 Å². The summed E-state index contributed by atoms with van der Waals surface area (Å²) in [7, 11) is 1.54. The zero-order chi connectivity index (χ0) is 15.7. The Bertz CT molecular complexity index is 858. The van der Waals surface area contributed by atoms with Crippen molar-refractivity contribution in [3.8, 4) is 5.75 Å². The van der Waals surface area contributed by atoms with Gasteiger partial charge in [0.05, 0.1) is 17.8 Å². The van der Waals surface area contributed by atoms with Crippen LogP contribution in [-0.4, -0.2) is 22.4 Å². The SMILES string of the molecule is COc1ccc(NC(=O)c2ccn3cc(C)nc3c2)cc1Cl. The van der Waals surface area contributed by atoms with E-state index in [1.54, 1.807) is 37.4 Å². The molecule has 1 aromatic carbocycles. The van der Waals surface area contributed by atoms with Crippen LogP contribution in [0.25, 0.3) is 5.65 Å². The number of amides is 1. The molecule has 0 spiro atoms. The summed E-state index contributed by atoms with van der Waals surface area (Å²) in [6, 6.07) is 8.58. The molecule has 112 valence electrons. The van der Waals surface area contributed by atoms with Gasteiger partial charge in [-0.1, -0.05) is 11.6 Å². The summed E-state index contributed by atoms with van der Waals surface area (Å²) in [5.41, 5.74) is 2.78. The smallest absolute Gasteiger partial charge is 0.255 e. The fourth-order valence-electron chi connectivity index (χ4n) is 2.20. The van der Waals surface area contributed by atoms with E-state index in [0.29, 0.717) is 22.0 Å². The average molecular weight is 316 g/mol. The van der Waals surface area contributed by atoms with Gasteiger partial charge in [-0.05, 0) is 37.3 Å². The number of hydrogen-bond donors (Lipinski definition) is 1. The predicted octanol–water partition coefficient (Wildman–Crippen LogP) is 3.56. The number of benzene rings is 1. The Labute approximate surface area is 132 Å². The van der Waals surface area contributed by atoms with Crippen molar-refractivity contribution in [3.05, 3.63) is 59.0 Å². The molecule has 1 N–H and O–H groups in total. The first-order valence-corrected chi connectivity index (χ1v) is 7.05. The lowest BCUT2D eigenvalue weighted by atomic mass is 10.2. The first-order valence-electron chi connectivity index (χ1n) is 6.67. The molecule has 0 radical (unpaired) electrons. The van der Waals surface area contributed by atoms with Gasteiger partial charge >= 0.3 is 0 Å². The minimum Gasteiger partial charge on any atom is -0.495 e. The Morgan fingerprint density at radius 2 is 2.14 bits per heavy atom. The summed E-state index contributed by atoms with van der Waals surface area (Å²) in [4.78, 5) is 16.7. The van der Waals surface area contributed by atoms with Crippen LogP contribution >= 0.6 is 11.6 Å². The molecule has 22 heavy (non-hydrogen) atoms. The van der Waals surface area contributed by atoms with Gasteiger partial charge in [-0.25, -0.2) is 4.98 Å². The summed E-state index contributed by atoms with van der Waals surface area (Å²) in [5.74, 6) is 0.346. The fraction of sp³-hybridized carbons (Fsp3) is 0.125. The summed E-state index contributed by atoms with van der Waals surface area (Å²) >= 11 is 6.05. The van der Waals surface area contributed by atoms with Crippen molar-refractivity contribution >= 4 is 28.8 Å². The molecule has 0 saturated heterocycles. The van der Waals surface area contributed by atoms with Crippen LogP contribution in [0.2, 0.25) is 5.02 Å². The van der Waals surface area contributed by atoms with Crippen molar-refractivity contribution in [2.75, 3.05) is 12.4 Å². The van der Waals surface area contributed by atoms with E-state index in [1.807, 2.05) is 23.7 Å². The highest BCUT2D eigenvalue weighted by molar-refractivity contribution is 6.32. The van der Waals surface area contributed by atoms with Crippen molar-refractivity contribution in [1.82, 2.24) is 9.38 Å². The van der Waals surface area contributed by atoms with Gasteiger partial charge < -0.3 is 14.5 Å². The third-order valence-electron chi connectivity index (χ3n) is 3.25. The fourth-order valence-corrected chi connectivity index (χ4v) is 2.46. The maximum Gasteiger partial charge on any atom is 0.255 e. The minimum atomic E-state index is -0.218. The molecular formula is C16H14ClN3O2. The molecule has 0 saturated carbocycles. The molecule has 0 fully saturated rings. The number of nitrogens with one attached hydrogen (secondary N) is 1. The molecule has 0 atom stereocenters. The van der Waals surface area contributed by atoms with E-state index < -0.39 is 0 Å². The molecule has 6 heteroatoms. The van der Waals surface area contributed by atoms with Crippen molar-refractivity contribution < 1.29 is 9.53 Å². The summed E-state index contributed by atoms with van der Waals surface area (Å²) in [6.45, 7) is 1.91. The molecule has 2 aromatic heterocycles. The van der Waals surface area contributed by atoms with Crippen molar-refractivity contribution in [2.24, 2.45) is 0 Å². The largest absolute Gasteiger partial charge is 0.495 e. The second kappa shape index (κ2) is 5.69. The zero-order valence-corrected chi connectivity index (χ0v) is 12.9. The van der Waals surface area contributed by atoms with Gasteiger partial charge in [0.15, 0.2) is 0 Å². The molecular weight excluding hydrogens is 302 g/mol. The van der Waals surface area contributed by atoms with Crippen molar-refractivity contribution in [2.45, 2.75) is 6.92 Å². The lowest BCUT2D eigenvalue weighted by molar-refractivity contribution is 0.102. The van der Waals surface area contributed by atoms with E-state index in [0.717, 1.165) is 11.3 Å². The average Bonchev–Trinajstić information content (AvgIpc) is 2.86. The number of ether oxygens (including phenoxy) is 1. The van der Waals surface area contributed by atoms with Crippen LogP contribution in [0, 0.1) is 6.92 Å². The van der Waals surface area contributed by atoms with E-state index in [-0.39, 0.29) is 5.91 Å². The molecule has 0 unspecified atom stereocenters. The molecule has 1 amide bonds. The number of fused-ring (bicyclic) bond motifs is 1. The standard InChI is InChI=1S/C16H14ClN3O2/c1-10-9-20-6-5-11(7-15(20)18-10)16(21)19-12-3-4-14(22-2)13(17)8-12/h3-9H,1-2H3,(H,19,21). The first-order chi connectivity index (χ1) is 10.6. The number of carbonyl (C=O) groups excluding carboxylic acids is 1. The number of carbonyl (C=O) groups is 1. The molecule has 3 rings (SSSR count). The Morgan fingerprint density at radius 3 is 2.86 bits per heavy atom. The monoisotopic (exact) mass is 315 g/mol. The van der Waals surface area contributed by atoms with Crippen LogP contribution in [-0.2, 0) is 0 Å². The normalized spacial score (nSPS) is 10.7. The van der Waals surface area contributed by atoms with E-state index in [4.69, 9.17) is 16.3 Å². The highest BCUT2D eigenvalue weighted by Gasteiger charge is 2.09. The number of nitrogens with zero attached hydrogens (tertiary/aromatic N) is 2. The van der Waals surface area contributed by atoms with E-state index in [2.05, 4.69) is 10.3 Å². The second-order valence-electron chi connectivity index (χ2n) is 4.87. The number of aromatic nitrogens is 2. The molecule has 3 aromatic rings. The highest BCUT2D eigenvalue weighted by atomic mass is 35.5. The quantitative estimate of drug-likeness (QED) is 0.804. The molecule has 5 nitrogen and oxygen atoms in total. The Morgan fingerprint density at radius 1 is 1.32 bits per heavy atom. The van der Waals surface area contributed by atoms with Crippen LogP contribution in [0.4, 0.5) is 5.69 Å². The third-order valence-corrected chi connectivity index (χ3v) is 3.55. The number of rotatable bonds is 3. The molecule has 0 bridgehead atoms. The number of pyridine rings is 1. The number of hydrogen-bond acceptors (Lipinski definition) is 3. The summed E-state index contributed by atoms with van der Waals surface area (Å²) in [6.07, 6.45) is 3.71. The van der Waals surface area contributed by atoms with Crippen LogP contribution in [0.3, 0.4) is 0 Å². The van der Waals surface area contributed by atoms with Gasteiger partial charge in [-0.15, -0.1) is 0 Å². The molecule has 0 aliphatic heterocycles. The molecule has 2 heterocycles. The maximum absolute atomic E-state index is 12.3. The zero-order valence-electron chi connectivity index (χ0n) is 12.1. The van der Waals surface area contributed by atoms with Crippen LogP contribution in [0.15, 0.2) is 42.7 Å². The molecule has 0 aliphatic rings. The van der Waals surface area contributed by atoms with Gasteiger partial charge in [-0.3, -0.25) is 4.79 Å². The second-order valence-corrected chi connectivity index (χ2v) is 5.27. The number of methoxy groups -OCH3 is 1. The van der Waals surface area contributed by atoms with Gasteiger partial charge in [-0.2, -0.15) is 0 Å². The summed E-state index contributed by atoms with van der Waals surface area (Å²) in [5, 5.41) is 3.25. The van der Waals surface area contributed by atoms with Crippen molar-refractivity contribution in [1.29, 1.82) is 0 Å². The Hall–Kier alpha value is -2.53. The maximum atomic E-state index is 12.3. The van der Waals surface area contributed by atoms with E-state index in [1.165, 1.54) is 0 Å². The number of halogens is 1. The van der Waals surface area contributed by atoms with E-state index >= 15 is 0 Å². The predicted molar refractivity (Wildman–Crippen MR) is 85.9 cm³/mol. The Balaban J connectivity index is 1.84. The lowest BCUT2D eigenvalue weighted by Gasteiger charge is -2.08. The number of anilines is 1. The van der Waals surface area contributed by atoms with Crippen molar-refractivity contribution in [3.63, 3.8) is 0 Å². The topological polar surface area (TPSA) is 55.6 Å². The summed E-state index contributed by atoms with van der Waals surface area (Å²) < 4.78 is 6.96.